The molecule has 1 atom stereocenters. The number of aliphatic hydroxyl groups excluding tert-OH is 1. The molecule has 7 nitrogen and oxygen atoms in total. The van der Waals surface area contributed by atoms with Crippen LogP contribution in [0.2, 0.25) is 0 Å². The van der Waals surface area contributed by atoms with Crippen LogP contribution < -0.4 is 4.74 Å². The first kappa shape index (κ1) is 26.9. The summed E-state index contributed by atoms with van der Waals surface area (Å²) in [5.74, 6) is -0.297. The van der Waals surface area contributed by atoms with Crippen LogP contribution in [0.25, 0.3) is 5.76 Å². The Morgan fingerprint density at radius 3 is 2.41 bits per heavy atom. The number of carbonyl (C=O) groups excluding carboxylic acids is 2. The van der Waals surface area contributed by atoms with Gasteiger partial charge in [-0.1, -0.05) is 38.1 Å². The van der Waals surface area contributed by atoms with E-state index in [1.54, 1.807) is 17.0 Å². The second-order valence-corrected chi connectivity index (χ2v) is 10.0. The van der Waals surface area contributed by atoms with Gasteiger partial charge in [-0.3, -0.25) is 14.5 Å². The molecular formula is C30H38N2O5. The van der Waals surface area contributed by atoms with Crippen LogP contribution >= 0.6 is 0 Å². The minimum atomic E-state index is -0.643. The van der Waals surface area contributed by atoms with E-state index in [1.165, 1.54) is 5.56 Å². The highest BCUT2D eigenvalue weighted by Gasteiger charge is 2.46. The fourth-order valence-electron chi connectivity index (χ4n) is 5.11. The zero-order chi connectivity index (χ0) is 26.5. The predicted octanol–water partition coefficient (Wildman–Crippen LogP) is 4.66. The minimum Gasteiger partial charge on any atom is -0.507 e. The van der Waals surface area contributed by atoms with Crippen LogP contribution in [0, 0.1) is 6.92 Å². The second kappa shape index (κ2) is 11.9. The number of nitrogens with zero attached hydrogens (tertiary/aromatic N) is 2. The number of benzene rings is 2. The minimum absolute atomic E-state index is 0.140. The molecule has 1 N–H and O–H groups in total. The van der Waals surface area contributed by atoms with E-state index < -0.39 is 17.7 Å². The van der Waals surface area contributed by atoms with Crippen molar-refractivity contribution in [3.63, 3.8) is 0 Å². The number of aryl methyl sites for hydroxylation is 1. The lowest BCUT2D eigenvalue weighted by atomic mass is 9.92. The summed E-state index contributed by atoms with van der Waals surface area (Å²) in [5, 5.41) is 11.4. The van der Waals surface area contributed by atoms with Crippen molar-refractivity contribution in [2.75, 3.05) is 46.0 Å². The summed E-state index contributed by atoms with van der Waals surface area (Å²) in [6.07, 6.45) is 0.732. The Morgan fingerprint density at radius 1 is 1.08 bits per heavy atom. The number of likely N-dealkylation sites (tertiary alicyclic amines) is 1. The average molecular weight is 507 g/mol. The largest absolute Gasteiger partial charge is 0.507 e. The lowest BCUT2D eigenvalue weighted by molar-refractivity contribution is -0.140. The van der Waals surface area contributed by atoms with Crippen molar-refractivity contribution in [1.29, 1.82) is 0 Å². The SMILES string of the molecule is CCOc1ccc(C(O)=C2C(=O)C(=O)N(CCCN3CCOCC3)C2c2ccc(C(C)C)cc2)c(C)c1. The van der Waals surface area contributed by atoms with Crippen molar-refractivity contribution < 1.29 is 24.2 Å². The molecule has 1 unspecified atom stereocenters. The van der Waals surface area contributed by atoms with E-state index in [-0.39, 0.29) is 11.3 Å². The van der Waals surface area contributed by atoms with E-state index in [0.717, 1.165) is 37.2 Å². The van der Waals surface area contributed by atoms with Crippen molar-refractivity contribution in [3.8, 4) is 5.75 Å². The number of hydrogen-bond acceptors (Lipinski definition) is 6. The standard InChI is InChI=1S/C30H38N2O5/c1-5-37-24-11-12-25(21(4)19-24)28(33)26-27(23-9-7-22(8-10-23)20(2)3)32(30(35)29(26)34)14-6-13-31-15-17-36-18-16-31/h7-12,19-20,27,33H,5-6,13-18H2,1-4H3. The van der Waals surface area contributed by atoms with Crippen LogP contribution in [0.4, 0.5) is 0 Å². The summed E-state index contributed by atoms with van der Waals surface area (Å²) < 4.78 is 11.0. The Kier molecular flexibility index (Phi) is 8.67. The molecule has 2 aromatic carbocycles. The van der Waals surface area contributed by atoms with E-state index in [1.807, 2.05) is 44.2 Å². The molecule has 0 aliphatic carbocycles. The molecule has 0 spiro atoms. The fraction of sp³-hybridized carbons (Fsp3) is 0.467. The van der Waals surface area contributed by atoms with E-state index in [0.29, 0.717) is 43.6 Å². The predicted molar refractivity (Wildman–Crippen MR) is 144 cm³/mol. The van der Waals surface area contributed by atoms with Gasteiger partial charge in [0, 0.05) is 31.7 Å². The molecule has 2 saturated heterocycles. The maximum Gasteiger partial charge on any atom is 0.295 e. The molecule has 2 aliphatic heterocycles. The molecule has 0 aromatic heterocycles. The highest BCUT2D eigenvalue weighted by Crippen LogP contribution is 2.40. The van der Waals surface area contributed by atoms with Gasteiger partial charge in [0.2, 0.25) is 0 Å². The van der Waals surface area contributed by atoms with Crippen LogP contribution in [-0.2, 0) is 14.3 Å². The maximum atomic E-state index is 13.4. The molecule has 2 aromatic rings. The van der Waals surface area contributed by atoms with Crippen molar-refractivity contribution in [3.05, 3.63) is 70.3 Å². The number of amides is 1. The zero-order valence-electron chi connectivity index (χ0n) is 22.3. The van der Waals surface area contributed by atoms with Gasteiger partial charge in [-0.05, 0) is 61.1 Å². The van der Waals surface area contributed by atoms with Gasteiger partial charge in [0.25, 0.3) is 11.7 Å². The first-order valence-corrected chi connectivity index (χ1v) is 13.2. The third kappa shape index (κ3) is 5.89. The van der Waals surface area contributed by atoms with Gasteiger partial charge in [0.1, 0.15) is 11.5 Å². The molecule has 0 radical (unpaired) electrons. The number of ketones is 1. The Labute approximate surface area is 219 Å². The molecule has 198 valence electrons. The molecule has 0 bridgehead atoms. The van der Waals surface area contributed by atoms with Gasteiger partial charge in [-0.25, -0.2) is 0 Å². The monoisotopic (exact) mass is 506 g/mol. The Bertz CT molecular complexity index is 1150. The highest BCUT2D eigenvalue weighted by molar-refractivity contribution is 6.46. The van der Waals surface area contributed by atoms with E-state index in [9.17, 15) is 14.7 Å². The first-order chi connectivity index (χ1) is 17.8. The molecule has 1 amide bonds. The summed E-state index contributed by atoms with van der Waals surface area (Å²) >= 11 is 0. The van der Waals surface area contributed by atoms with Gasteiger partial charge >= 0.3 is 0 Å². The van der Waals surface area contributed by atoms with E-state index >= 15 is 0 Å². The summed E-state index contributed by atoms with van der Waals surface area (Å²) in [6, 6.07) is 12.7. The molecule has 4 rings (SSSR count). The van der Waals surface area contributed by atoms with Crippen LogP contribution in [0.1, 0.15) is 61.4 Å². The van der Waals surface area contributed by atoms with Crippen LogP contribution in [-0.4, -0.2) is 72.6 Å². The third-order valence-electron chi connectivity index (χ3n) is 7.20. The smallest absolute Gasteiger partial charge is 0.295 e. The lowest BCUT2D eigenvalue weighted by Crippen LogP contribution is -2.38. The molecule has 37 heavy (non-hydrogen) atoms. The average Bonchev–Trinajstić information content (AvgIpc) is 3.14. The fourth-order valence-corrected chi connectivity index (χ4v) is 5.11. The maximum absolute atomic E-state index is 13.4. The number of ether oxygens (including phenoxy) is 2. The van der Waals surface area contributed by atoms with Crippen molar-refractivity contribution >= 4 is 17.4 Å². The Balaban J connectivity index is 1.70. The molecule has 0 saturated carbocycles. The normalized spacial score (nSPS) is 20.1. The summed E-state index contributed by atoms with van der Waals surface area (Å²) in [7, 11) is 0. The molecule has 2 heterocycles. The number of morpholine rings is 1. The Hall–Kier alpha value is -3.16. The van der Waals surface area contributed by atoms with Crippen molar-refractivity contribution in [2.24, 2.45) is 0 Å². The van der Waals surface area contributed by atoms with E-state index in [2.05, 4.69) is 18.7 Å². The van der Waals surface area contributed by atoms with Crippen molar-refractivity contribution in [2.45, 2.75) is 46.1 Å². The summed E-state index contributed by atoms with van der Waals surface area (Å²) in [4.78, 5) is 30.6. The van der Waals surface area contributed by atoms with Gasteiger partial charge in [-0.15, -0.1) is 0 Å². The van der Waals surface area contributed by atoms with E-state index in [4.69, 9.17) is 9.47 Å². The number of aliphatic hydroxyl groups is 1. The molecule has 2 aliphatic rings. The highest BCUT2D eigenvalue weighted by atomic mass is 16.5. The van der Waals surface area contributed by atoms with Crippen LogP contribution in [0.5, 0.6) is 5.75 Å². The van der Waals surface area contributed by atoms with Crippen LogP contribution in [0.15, 0.2) is 48.0 Å². The quantitative estimate of drug-likeness (QED) is 0.303. The second-order valence-electron chi connectivity index (χ2n) is 10.0. The van der Waals surface area contributed by atoms with Gasteiger partial charge in [0.05, 0.1) is 31.4 Å². The topological polar surface area (TPSA) is 79.3 Å². The number of hydrogen-bond donors (Lipinski definition) is 1. The lowest BCUT2D eigenvalue weighted by Gasteiger charge is -2.29. The van der Waals surface area contributed by atoms with Gasteiger partial charge in [-0.2, -0.15) is 0 Å². The molecule has 2 fully saturated rings. The summed E-state index contributed by atoms with van der Waals surface area (Å²) in [5.41, 5.74) is 3.44. The Morgan fingerprint density at radius 2 is 1.78 bits per heavy atom. The van der Waals surface area contributed by atoms with Crippen molar-refractivity contribution in [1.82, 2.24) is 9.80 Å². The summed E-state index contributed by atoms with van der Waals surface area (Å²) in [6.45, 7) is 13.0. The first-order valence-electron chi connectivity index (χ1n) is 13.2. The zero-order valence-corrected chi connectivity index (χ0v) is 22.3. The van der Waals surface area contributed by atoms with Gasteiger partial charge in [0.15, 0.2) is 0 Å². The van der Waals surface area contributed by atoms with Crippen LogP contribution in [0.3, 0.4) is 0 Å². The molecule has 7 heteroatoms. The number of Topliss-reactive ketones (excluding diaryl/α,β-unsaturated/α-hetero) is 1. The number of rotatable bonds is 9. The van der Waals surface area contributed by atoms with Gasteiger partial charge < -0.3 is 19.5 Å². The molecular weight excluding hydrogens is 468 g/mol. The third-order valence-corrected chi connectivity index (χ3v) is 7.20. The number of carbonyl (C=O) groups is 2.